The standard InChI is InChI=1S/C17H32O2/c1-9-10-11-12-14(4)16(5,6)17(7,8)19-15(18)13(2)3/h14H,2,9-12H2,1,3-8H3. The molecule has 0 amide bonds. The average molecular weight is 268 g/mol. The van der Waals surface area contributed by atoms with Crippen molar-refractivity contribution >= 4 is 5.97 Å². The molecular weight excluding hydrogens is 236 g/mol. The van der Waals surface area contributed by atoms with Crippen molar-refractivity contribution in [2.45, 2.75) is 79.8 Å². The molecule has 0 aliphatic rings. The second-order valence-corrected chi connectivity index (χ2v) is 6.80. The maximum Gasteiger partial charge on any atom is 0.333 e. The fourth-order valence-corrected chi connectivity index (χ4v) is 2.11. The van der Waals surface area contributed by atoms with Crippen molar-refractivity contribution in [2.75, 3.05) is 0 Å². The molecule has 0 aliphatic carbocycles. The lowest BCUT2D eigenvalue weighted by molar-refractivity contribution is -0.168. The van der Waals surface area contributed by atoms with Crippen molar-refractivity contribution in [1.29, 1.82) is 0 Å². The number of rotatable bonds is 8. The Morgan fingerprint density at radius 3 is 2.16 bits per heavy atom. The van der Waals surface area contributed by atoms with Crippen LogP contribution in [0.15, 0.2) is 12.2 Å². The quantitative estimate of drug-likeness (QED) is 0.347. The van der Waals surface area contributed by atoms with Gasteiger partial charge in [0.15, 0.2) is 0 Å². The summed E-state index contributed by atoms with van der Waals surface area (Å²) in [6, 6.07) is 0. The molecule has 112 valence electrons. The first-order valence-corrected chi connectivity index (χ1v) is 7.45. The van der Waals surface area contributed by atoms with E-state index in [2.05, 4.69) is 34.3 Å². The second kappa shape index (κ2) is 7.12. The summed E-state index contributed by atoms with van der Waals surface area (Å²) < 4.78 is 5.65. The van der Waals surface area contributed by atoms with E-state index in [4.69, 9.17) is 4.74 Å². The largest absolute Gasteiger partial charge is 0.456 e. The Hall–Kier alpha value is -0.790. The van der Waals surface area contributed by atoms with Gasteiger partial charge in [0.1, 0.15) is 5.60 Å². The highest BCUT2D eigenvalue weighted by Crippen LogP contribution is 2.43. The Morgan fingerprint density at radius 2 is 1.74 bits per heavy atom. The van der Waals surface area contributed by atoms with Gasteiger partial charge in [0.05, 0.1) is 0 Å². The van der Waals surface area contributed by atoms with Crippen LogP contribution >= 0.6 is 0 Å². The van der Waals surface area contributed by atoms with Gasteiger partial charge in [0.2, 0.25) is 0 Å². The van der Waals surface area contributed by atoms with Crippen LogP contribution < -0.4 is 0 Å². The lowest BCUT2D eigenvalue weighted by atomic mass is 9.67. The Labute approximate surface area is 119 Å². The van der Waals surface area contributed by atoms with Crippen LogP contribution in [0.5, 0.6) is 0 Å². The third-order valence-corrected chi connectivity index (χ3v) is 4.72. The highest BCUT2D eigenvalue weighted by molar-refractivity contribution is 5.87. The molecule has 0 heterocycles. The van der Waals surface area contributed by atoms with Crippen LogP contribution in [0, 0.1) is 11.3 Å². The van der Waals surface area contributed by atoms with Crippen molar-refractivity contribution in [3.63, 3.8) is 0 Å². The minimum atomic E-state index is -0.491. The molecule has 0 saturated carbocycles. The van der Waals surface area contributed by atoms with Gasteiger partial charge in [-0.25, -0.2) is 4.79 Å². The number of carbonyl (C=O) groups is 1. The average Bonchev–Trinajstić information content (AvgIpc) is 2.28. The van der Waals surface area contributed by atoms with Gasteiger partial charge >= 0.3 is 5.97 Å². The highest BCUT2D eigenvalue weighted by Gasteiger charge is 2.43. The van der Waals surface area contributed by atoms with Gasteiger partial charge in [-0.2, -0.15) is 0 Å². The lowest BCUT2D eigenvalue weighted by Crippen LogP contribution is -2.47. The van der Waals surface area contributed by atoms with Crippen molar-refractivity contribution < 1.29 is 9.53 Å². The molecule has 0 rings (SSSR count). The van der Waals surface area contributed by atoms with E-state index in [1.807, 2.05) is 13.8 Å². The Kier molecular flexibility index (Phi) is 6.82. The first kappa shape index (κ1) is 18.2. The molecule has 0 aromatic rings. The van der Waals surface area contributed by atoms with Crippen molar-refractivity contribution in [1.82, 2.24) is 0 Å². The summed E-state index contributed by atoms with van der Waals surface area (Å²) in [7, 11) is 0. The number of esters is 1. The van der Waals surface area contributed by atoms with E-state index in [0.717, 1.165) is 0 Å². The van der Waals surface area contributed by atoms with Crippen molar-refractivity contribution in [3.8, 4) is 0 Å². The first-order valence-electron chi connectivity index (χ1n) is 7.45. The molecule has 0 N–H and O–H groups in total. The number of carbonyl (C=O) groups excluding carboxylic acids is 1. The zero-order chi connectivity index (χ0) is 15.3. The van der Waals surface area contributed by atoms with E-state index in [0.29, 0.717) is 11.5 Å². The number of hydrogen-bond acceptors (Lipinski definition) is 2. The third-order valence-electron chi connectivity index (χ3n) is 4.72. The molecule has 0 aliphatic heterocycles. The van der Waals surface area contributed by atoms with E-state index in [-0.39, 0.29) is 11.4 Å². The van der Waals surface area contributed by atoms with Crippen molar-refractivity contribution in [2.24, 2.45) is 11.3 Å². The van der Waals surface area contributed by atoms with Crippen LogP contribution in [0.1, 0.15) is 74.1 Å². The smallest absolute Gasteiger partial charge is 0.333 e. The van der Waals surface area contributed by atoms with Crippen LogP contribution in [-0.2, 0) is 9.53 Å². The molecule has 0 spiro atoms. The molecule has 0 radical (unpaired) electrons. The zero-order valence-electron chi connectivity index (χ0n) is 13.9. The highest BCUT2D eigenvalue weighted by atomic mass is 16.6. The van der Waals surface area contributed by atoms with Gasteiger partial charge in [-0.3, -0.25) is 0 Å². The lowest BCUT2D eigenvalue weighted by Gasteiger charge is -2.45. The van der Waals surface area contributed by atoms with Gasteiger partial charge in [0, 0.05) is 11.0 Å². The maximum absolute atomic E-state index is 11.8. The van der Waals surface area contributed by atoms with E-state index in [9.17, 15) is 4.79 Å². The van der Waals surface area contributed by atoms with E-state index in [1.54, 1.807) is 6.92 Å². The monoisotopic (exact) mass is 268 g/mol. The molecule has 0 saturated heterocycles. The van der Waals surface area contributed by atoms with Gasteiger partial charge in [-0.15, -0.1) is 0 Å². The Balaban J connectivity index is 4.74. The Bertz CT molecular complexity index is 313. The van der Waals surface area contributed by atoms with Crippen LogP contribution in [0.2, 0.25) is 0 Å². The summed E-state index contributed by atoms with van der Waals surface area (Å²) in [5.74, 6) is 0.214. The van der Waals surface area contributed by atoms with Gasteiger partial charge in [-0.05, 0) is 26.7 Å². The van der Waals surface area contributed by atoms with E-state index < -0.39 is 5.60 Å². The molecule has 0 aromatic carbocycles. The molecule has 1 unspecified atom stereocenters. The molecule has 19 heavy (non-hydrogen) atoms. The Morgan fingerprint density at radius 1 is 1.21 bits per heavy atom. The summed E-state index contributed by atoms with van der Waals surface area (Å²) in [5, 5.41) is 0. The SMILES string of the molecule is C=C(C)C(=O)OC(C)(C)C(C)(C)C(C)CCCCC. The first-order chi connectivity index (χ1) is 8.56. The normalized spacial score (nSPS) is 14.1. The topological polar surface area (TPSA) is 26.3 Å². The molecule has 0 aromatic heterocycles. The number of unbranched alkanes of at least 4 members (excludes halogenated alkanes) is 2. The van der Waals surface area contributed by atoms with Crippen molar-refractivity contribution in [3.05, 3.63) is 12.2 Å². The summed E-state index contributed by atoms with van der Waals surface area (Å²) >= 11 is 0. The predicted octanol–water partition coefficient (Wildman–Crippen LogP) is 5.13. The predicted molar refractivity (Wildman–Crippen MR) is 82.1 cm³/mol. The molecule has 0 fully saturated rings. The van der Waals surface area contributed by atoms with Gasteiger partial charge in [-0.1, -0.05) is 60.0 Å². The summed E-state index contributed by atoms with van der Waals surface area (Å²) in [6.07, 6.45) is 4.92. The minimum Gasteiger partial charge on any atom is -0.456 e. The molecule has 0 bridgehead atoms. The fraction of sp³-hybridized carbons (Fsp3) is 0.824. The minimum absolute atomic E-state index is 0.0636. The van der Waals surface area contributed by atoms with Crippen LogP contribution in [0.4, 0.5) is 0 Å². The van der Waals surface area contributed by atoms with Crippen LogP contribution in [0.25, 0.3) is 0 Å². The fourth-order valence-electron chi connectivity index (χ4n) is 2.11. The number of hydrogen-bond donors (Lipinski definition) is 0. The summed E-state index contributed by atoms with van der Waals surface area (Å²) in [5.41, 5.74) is -0.0944. The zero-order valence-corrected chi connectivity index (χ0v) is 13.9. The molecular formula is C17H32O2. The summed E-state index contributed by atoms with van der Waals surface area (Å²) in [4.78, 5) is 11.8. The van der Waals surface area contributed by atoms with Gasteiger partial charge in [0.25, 0.3) is 0 Å². The molecule has 1 atom stereocenters. The van der Waals surface area contributed by atoms with Gasteiger partial charge < -0.3 is 4.74 Å². The number of ether oxygens (including phenoxy) is 1. The second-order valence-electron chi connectivity index (χ2n) is 6.80. The van der Waals surface area contributed by atoms with E-state index in [1.165, 1.54) is 25.7 Å². The third kappa shape index (κ3) is 5.00. The van der Waals surface area contributed by atoms with Crippen LogP contribution in [0.3, 0.4) is 0 Å². The van der Waals surface area contributed by atoms with Crippen LogP contribution in [-0.4, -0.2) is 11.6 Å². The maximum atomic E-state index is 11.8. The van der Waals surface area contributed by atoms with E-state index >= 15 is 0 Å². The molecule has 2 heteroatoms. The summed E-state index contributed by atoms with van der Waals surface area (Å²) in [6.45, 7) is 18.2. The molecule has 2 nitrogen and oxygen atoms in total.